The third-order valence-corrected chi connectivity index (χ3v) is 2.90. The Morgan fingerprint density at radius 1 is 1.45 bits per heavy atom. The van der Waals surface area contributed by atoms with E-state index in [0.717, 1.165) is 5.82 Å². The Morgan fingerprint density at radius 3 is 2.95 bits per heavy atom. The van der Waals surface area contributed by atoms with E-state index < -0.39 is 0 Å². The van der Waals surface area contributed by atoms with E-state index in [1.54, 1.807) is 24.4 Å². The van der Waals surface area contributed by atoms with Crippen molar-refractivity contribution in [3.8, 4) is 0 Å². The van der Waals surface area contributed by atoms with Crippen LogP contribution >= 0.6 is 0 Å². The van der Waals surface area contributed by atoms with Gasteiger partial charge in [-0.15, -0.1) is 0 Å². The van der Waals surface area contributed by atoms with Gasteiger partial charge in [-0.3, -0.25) is 4.79 Å². The zero-order valence-electron chi connectivity index (χ0n) is 11.2. The van der Waals surface area contributed by atoms with Crippen LogP contribution in [0.25, 0.3) is 6.08 Å². The van der Waals surface area contributed by atoms with Gasteiger partial charge in [0.25, 0.3) is 0 Å². The largest absolute Gasteiger partial charge is 0.351 e. The Balaban J connectivity index is 1.81. The number of nitrogens with one attached hydrogen (secondary N) is 1. The first kappa shape index (κ1) is 14.0. The number of halogens is 1. The van der Waals surface area contributed by atoms with Gasteiger partial charge in [-0.2, -0.15) is 0 Å². The predicted octanol–water partition coefficient (Wildman–Crippen LogP) is 2.16. The van der Waals surface area contributed by atoms with Gasteiger partial charge >= 0.3 is 0 Å². The van der Waals surface area contributed by atoms with Gasteiger partial charge in [-0.1, -0.05) is 18.2 Å². The van der Waals surface area contributed by atoms with Crippen LogP contribution in [0.2, 0.25) is 0 Å². The molecule has 0 saturated carbocycles. The first-order valence-corrected chi connectivity index (χ1v) is 6.35. The smallest absolute Gasteiger partial charge is 0.244 e. The summed E-state index contributed by atoms with van der Waals surface area (Å²) >= 11 is 0. The lowest BCUT2D eigenvalue weighted by molar-refractivity contribution is -0.116. The van der Waals surface area contributed by atoms with E-state index >= 15 is 0 Å². The molecule has 5 heteroatoms. The molecule has 104 valence electrons. The van der Waals surface area contributed by atoms with Crippen LogP contribution in [0.3, 0.4) is 0 Å². The molecular weight excluding hydrogens is 257 g/mol. The van der Waals surface area contributed by atoms with Gasteiger partial charge in [-0.05, 0) is 19.1 Å². The van der Waals surface area contributed by atoms with Gasteiger partial charge in [0.1, 0.15) is 11.6 Å². The molecule has 0 saturated heterocycles. The zero-order valence-corrected chi connectivity index (χ0v) is 11.2. The highest BCUT2D eigenvalue weighted by molar-refractivity contribution is 5.91. The number of carbonyl (C=O) groups is 1. The second-order valence-electron chi connectivity index (χ2n) is 4.31. The predicted molar refractivity (Wildman–Crippen MR) is 75.4 cm³/mol. The number of carbonyl (C=O) groups excluding carboxylic acids is 1. The second kappa shape index (κ2) is 6.65. The lowest BCUT2D eigenvalue weighted by Crippen LogP contribution is -2.25. The third kappa shape index (κ3) is 3.78. The number of hydrogen-bond donors (Lipinski definition) is 1. The molecule has 0 unspecified atom stereocenters. The van der Waals surface area contributed by atoms with Crippen molar-refractivity contribution in [3.05, 3.63) is 59.9 Å². The van der Waals surface area contributed by atoms with Crippen molar-refractivity contribution < 1.29 is 9.18 Å². The maximum absolute atomic E-state index is 13.3. The SMILES string of the molecule is Cc1nccn1CCNC(=O)C=Cc1ccccc1F. The fraction of sp³-hybridized carbons (Fsp3) is 0.200. The number of aryl methyl sites for hydroxylation is 1. The second-order valence-corrected chi connectivity index (χ2v) is 4.31. The molecule has 2 aromatic rings. The Hall–Kier alpha value is -2.43. The topological polar surface area (TPSA) is 46.9 Å². The minimum Gasteiger partial charge on any atom is -0.351 e. The number of aromatic nitrogens is 2. The zero-order chi connectivity index (χ0) is 14.4. The molecule has 0 radical (unpaired) electrons. The first-order chi connectivity index (χ1) is 9.66. The van der Waals surface area contributed by atoms with Crippen molar-refractivity contribution in [1.29, 1.82) is 0 Å². The Bertz CT molecular complexity index is 619. The summed E-state index contributed by atoms with van der Waals surface area (Å²) in [5.74, 6) is 0.317. The van der Waals surface area contributed by atoms with Gasteiger partial charge in [0, 0.05) is 37.1 Å². The summed E-state index contributed by atoms with van der Waals surface area (Å²) in [5, 5.41) is 2.74. The lowest BCUT2D eigenvalue weighted by atomic mass is 10.2. The summed E-state index contributed by atoms with van der Waals surface area (Å²) < 4.78 is 15.3. The normalized spacial score (nSPS) is 10.9. The van der Waals surface area contributed by atoms with E-state index in [0.29, 0.717) is 18.7 Å². The molecule has 1 aromatic carbocycles. The summed E-state index contributed by atoms with van der Waals surface area (Å²) in [6.07, 6.45) is 6.37. The fourth-order valence-corrected chi connectivity index (χ4v) is 1.77. The minimum atomic E-state index is -0.342. The van der Waals surface area contributed by atoms with Crippen molar-refractivity contribution >= 4 is 12.0 Å². The van der Waals surface area contributed by atoms with Crippen molar-refractivity contribution in [2.75, 3.05) is 6.54 Å². The molecule has 0 fully saturated rings. The van der Waals surface area contributed by atoms with Crippen LogP contribution in [-0.4, -0.2) is 22.0 Å². The molecule has 0 bridgehead atoms. The maximum atomic E-state index is 13.3. The van der Waals surface area contributed by atoms with Gasteiger partial charge in [0.2, 0.25) is 5.91 Å². The molecule has 1 amide bonds. The number of hydrogen-bond acceptors (Lipinski definition) is 2. The van der Waals surface area contributed by atoms with E-state index in [4.69, 9.17) is 0 Å². The van der Waals surface area contributed by atoms with E-state index in [1.807, 2.05) is 17.7 Å². The maximum Gasteiger partial charge on any atom is 0.244 e. The van der Waals surface area contributed by atoms with Crippen LogP contribution in [0.5, 0.6) is 0 Å². The van der Waals surface area contributed by atoms with Gasteiger partial charge in [-0.25, -0.2) is 9.37 Å². The molecule has 4 nitrogen and oxygen atoms in total. The quantitative estimate of drug-likeness (QED) is 0.849. The lowest BCUT2D eigenvalue weighted by Gasteiger charge is -2.05. The standard InChI is InChI=1S/C15H16FN3O/c1-12-17-8-10-19(12)11-9-18-15(20)7-6-13-4-2-3-5-14(13)16/h2-8,10H,9,11H2,1H3,(H,18,20). The highest BCUT2D eigenvalue weighted by Crippen LogP contribution is 2.07. The van der Waals surface area contributed by atoms with E-state index in [9.17, 15) is 9.18 Å². The molecule has 2 rings (SSSR count). The van der Waals surface area contributed by atoms with Crippen LogP contribution in [-0.2, 0) is 11.3 Å². The molecule has 1 N–H and O–H groups in total. The van der Waals surface area contributed by atoms with Crippen LogP contribution < -0.4 is 5.32 Å². The number of nitrogens with zero attached hydrogens (tertiary/aromatic N) is 2. The number of rotatable bonds is 5. The van der Waals surface area contributed by atoms with Crippen LogP contribution in [0, 0.1) is 12.7 Å². The molecule has 0 aliphatic carbocycles. The molecule has 1 heterocycles. The molecule has 20 heavy (non-hydrogen) atoms. The molecule has 0 aliphatic heterocycles. The van der Waals surface area contributed by atoms with Gasteiger partial charge < -0.3 is 9.88 Å². The van der Waals surface area contributed by atoms with Gasteiger partial charge in [0.15, 0.2) is 0 Å². The Labute approximate surface area is 117 Å². The van der Waals surface area contributed by atoms with Crippen LogP contribution in [0.1, 0.15) is 11.4 Å². The van der Waals surface area contributed by atoms with Crippen LogP contribution in [0.15, 0.2) is 42.7 Å². The van der Waals surface area contributed by atoms with Crippen LogP contribution in [0.4, 0.5) is 4.39 Å². The molecular formula is C15H16FN3O. The summed E-state index contributed by atoms with van der Waals surface area (Å²) in [5.41, 5.74) is 0.396. The van der Waals surface area contributed by atoms with Crippen molar-refractivity contribution in [2.24, 2.45) is 0 Å². The molecule has 1 aromatic heterocycles. The Morgan fingerprint density at radius 2 is 2.25 bits per heavy atom. The molecule has 0 aliphatic rings. The number of imidazole rings is 1. The minimum absolute atomic E-state index is 0.244. The third-order valence-electron chi connectivity index (χ3n) is 2.90. The summed E-state index contributed by atoms with van der Waals surface area (Å²) in [4.78, 5) is 15.7. The van der Waals surface area contributed by atoms with Crippen molar-refractivity contribution in [3.63, 3.8) is 0 Å². The fourth-order valence-electron chi connectivity index (χ4n) is 1.77. The summed E-state index contributed by atoms with van der Waals surface area (Å²) in [6.45, 7) is 3.06. The molecule has 0 atom stereocenters. The van der Waals surface area contributed by atoms with E-state index in [-0.39, 0.29) is 11.7 Å². The average Bonchev–Trinajstić information content (AvgIpc) is 2.84. The molecule has 0 spiro atoms. The average molecular weight is 273 g/mol. The van der Waals surface area contributed by atoms with E-state index in [2.05, 4.69) is 10.3 Å². The number of benzene rings is 1. The summed E-state index contributed by atoms with van der Waals surface area (Å²) in [7, 11) is 0. The van der Waals surface area contributed by atoms with Crippen molar-refractivity contribution in [2.45, 2.75) is 13.5 Å². The number of amides is 1. The summed E-state index contributed by atoms with van der Waals surface area (Å²) in [6, 6.07) is 6.32. The van der Waals surface area contributed by atoms with Crippen molar-refractivity contribution in [1.82, 2.24) is 14.9 Å². The van der Waals surface area contributed by atoms with E-state index in [1.165, 1.54) is 18.2 Å². The first-order valence-electron chi connectivity index (χ1n) is 6.35. The monoisotopic (exact) mass is 273 g/mol. The highest BCUT2D eigenvalue weighted by Gasteiger charge is 1.99. The highest BCUT2D eigenvalue weighted by atomic mass is 19.1. The Kier molecular flexibility index (Phi) is 4.65. The van der Waals surface area contributed by atoms with Gasteiger partial charge in [0.05, 0.1) is 0 Å².